The highest BCUT2D eigenvalue weighted by Gasteiger charge is 2.13. The van der Waals surface area contributed by atoms with Gasteiger partial charge in [-0.15, -0.1) is 0 Å². The van der Waals surface area contributed by atoms with Gasteiger partial charge in [0.15, 0.2) is 5.78 Å². The van der Waals surface area contributed by atoms with Gasteiger partial charge in [0.1, 0.15) is 11.5 Å². The Hall–Kier alpha value is -2.04. The summed E-state index contributed by atoms with van der Waals surface area (Å²) in [6.45, 7) is 4.73. The molecule has 0 bridgehead atoms. The Morgan fingerprint density at radius 1 is 1.37 bits per heavy atom. The number of pyridine rings is 1. The Morgan fingerprint density at radius 3 is 2.74 bits per heavy atom. The SMILES string of the molecule is CCc1cc(CC(=O)c2ccc(F)cn2)n(CC)n1. The average Bonchev–Trinajstić information content (AvgIpc) is 2.81. The molecule has 4 nitrogen and oxygen atoms in total. The van der Waals surface area contributed by atoms with E-state index in [1.165, 1.54) is 12.1 Å². The van der Waals surface area contributed by atoms with Crippen LogP contribution in [0.3, 0.4) is 0 Å². The molecule has 0 saturated heterocycles. The van der Waals surface area contributed by atoms with E-state index in [0.29, 0.717) is 0 Å². The second kappa shape index (κ2) is 5.73. The molecule has 5 heteroatoms. The third kappa shape index (κ3) is 3.05. The van der Waals surface area contributed by atoms with Crippen molar-refractivity contribution in [2.75, 3.05) is 0 Å². The van der Waals surface area contributed by atoms with Crippen LogP contribution in [0.15, 0.2) is 24.4 Å². The molecule has 0 unspecified atom stereocenters. The summed E-state index contributed by atoms with van der Waals surface area (Å²) in [7, 11) is 0. The lowest BCUT2D eigenvalue weighted by Crippen LogP contribution is -2.11. The van der Waals surface area contributed by atoms with Gasteiger partial charge in [0.2, 0.25) is 0 Å². The predicted molar refractivity (Wildman–Crippen MR) is 69.5 cm³/mol. The second-order valence-electron chi connectivity index (χ2n) is 4.26. The number of carbonyl (C=O) groups excluding carboxylic acids is 1. The summed E-state index contributed by atoms with van der Waals surface area (Å²) < 4.78 is 14.6. The van der Waals surface area contributed by atoms with Crippen LogP contribution in [0, 0.1) is 5.82 Å². The Kier molecular flexibility index (Phi) is 4.04. The van der Waals surface area contributed by atoms with Crippen LogP contribution in [-0.4, -0.2) is 20.5 Å². The van der Waals surface area contributed by atoms with Crippen LogP contribution in [0.4, 0.5) is 4.39 Å². The molecular weight excluding hydrogens is 245 g/mol. The third-order valence-corrected chi connectivity index (χ3v) is 2.93. The molecule has 0 fully saturated rings. The van der Waals surface area contributed by atoms with E-state index in [1.54, 1.807) is 0 Å². The van der Waals surface area contributed by atoms with Crippen molar-refractivity contribution < 1.29 is 9.18 Å². The molecule has 0 atom stereocenters. The zero-order valence-corrected chi connectivity index (χ0v) is 11.1. The molecule has 2 aromatic rings. The van der Waals surface area contributed by atoms with E-state index in [1.807, 2.05) is 24.6 Å². The van der Waals surface area contributed by atoms with Crippen LogP contribution in [0.2, 0.25) is 0 Å². The normalized spacial score (nSPS) is 10.7. The summed E-state index contributed by atoms with van der Waals surface area (Å²) in [5.74, 6) is -0.569. The molecule has 0 saturated carbocycles. The van der Waals surface area contributed by atoms with Crippen LogP contribution in [0.1, 0.15) is 35.7 Å². The zero-order valence-electron chi connectivity index (χ0n) is 11.1. The van der Waals surface area contributed by atoms with Gasteiger partial charge in [-0.25, -0.2) is 4.39 Å². The molecule has 0 aliphatic rings. The molecule has 2 aromatic heterocycles. The molecule has 0 radical (unpaired) electrons. The van der Waals surface area contributed by atoms with Gasteiger partial charge in [-0.1, -0.05) is 6.92 Å². The van der Waals surface area contributed by atoms with E-state index in [4.69, 9.17) is 0 Å². The van der Waals surface area contributed by atoms with E-state index in [0.717, 1.165) is 30.6 Å². The molecule has 0 aromatic carbocycles. The van der Waals surface area contributed by atoms with Crippen molar-refractivity contribution in [3.63, 3.8) is 0 Å². The number of ketones is 1. The smallest absolute Gasteiger partial charge is 0.187 e. The van der Waals surface area contributed by atoms with Crippen molar-refractivity contribution in [3.8, 4) is 0 Å². The van der Waals surface area contributed by atoms with Gasteiger partial charge in [-0.3, -0.25) is 14.5 Å². The fourth-order valence-corrected chi connectivity index (χ4v) is 1.90. The summed E-state index contributed by atoms with van der Waals surface area (Å²) in [6.07, 6.45) is 2.13. The standard InChI is InChI=1S/C14H16FN3O/c1-3-11-7-12(18(4-2)17-11)8-14(19)13-6-5-10(15)9-16-13/h5-7,9H,3-4,8H2,1-2H3. The highest BCUT2D eigenvalue weighted by molar-refractivity contribution is 5.95. The molecule has 0 aliphatic carbocycles. The average molecular weight is 261 g/mol. The highest BCUT2D eigenvalue weighted by Crippen LogP contribution is 2.10. The molecule has 0 amide bonds. The maximum atomic E-state index is 12.8. The van der Waals surface area contributed by atoms with Crippen molar-refractivity contribution in [2.24, 2.45) is 0 Å². The summed E-state index contributed by atoms with van der Waals surface area (Å²) in [5.41, 5.74) is 2.12. The first-order valence-corrected chi connectivity index (χ1v) is 6.34. The van der Waals surface area contributed by atoms with E-state index >= 15 is 0 Å². The molecule has 100 valence electrons. The Balaban J connectivity index is 2.18. The minimum atomic E-state index is -0.441. The van der Waals surface area contributed by atoms with E-state index < -0.39 is 5.82 Å². The van der Waals surface area contributed by atoms with Crippen molar-refractivity contribution in [1.29, 1.82) is 0 Å². The number of halogens is 1. The van der Waals surface area contributed by atoms with Crippen molar-refractivity contribution >= 4 is 5.78 Å². The quantitative estimate of drug-likeness (QED) is 0.777. The second-order valence-corrected chi connectivity index (χ2v) is 4.26. The molecule has 19 heavy (non-hydrogen) atoms. The number of aromatic nitrogens is 3. The number of hydrogen-bond acceptors (Lipinski definition) is 3. The van der Waals surface area contributed by atoms with Gasteiger partial charge in [0.05, 0.1) is 18.3 Å². The highest BCUT2D eigenvalue weighted by atomic mass is 19.1. The molecule has 2 rings (SSSR count). The van der Waals surface area contributed by atoms with Gasteiger partial charge in [-0.2, -0.15) is 5.10 Å². The summed E-state index contributed by atoms with van der Waals surface area (Å²) >= 11 is 0. The van der Waals surface area contributed by atoms with E-state index in [2.05, 4.69) is 10.1 Å². The van der Waals surface area contributed by atoms with Gasteiger partial charge < -0.3 is 0 Å². The lowest BCUT2D eigenvalue weighted by Gasteiger charge is -2.03. The van der Waals surface area contributed by atoms with Crippen molar-refractivity contribution in [3.05, 3.63) is 47.3 Å². The Morgan fingerprint density at radius 2 is 2.16 bits per heavy atom. The van der Waals surface area contributed by atoms with Crippen LogP contribution in [-0.2, 0) is 19.4 Å². The van der Waals surface area contributed by atoms with Crippen LogP contribution < -0.4 is 0 Å². The minimum absolute atomic E-state index is 0.128. The molecule has 0 N–H and O–H groups in total. The van der Waals surface area contributed by atoms with Crippen molar-refractivity contribution in [1.82, 2.24) is 14.8 Å². The lowest BCUT2D eigenvalue weighted by molar-refractivity contribution is 0.0985. The van der Waals surface area contributed by atoms with Gasteiger partial charge >= 0.3 is 0 Å². The summed E-state index contributed by atoms with van der Waals surface area (Å²) in [6, 6.07) is 4.59. The van der Waals surface area contributed by atoms with E-state index in [9.17, 15) is 9.18 Å². The summed E-state index contributed by atoms with van der Waals surface area (Å²) in [5, 5.41) is 4.39. The van der Waals surface area contributed by atoms with Crippen LogP contribution in [0.5, 0.6) is 0 Å². The van der Waals surface area contributed by atoms with Crippen molar-refractivity contribution in [2.45, 2.75) is 33.2 Å². The Labute approximate surface area is 111 Å². The number of carbonyl (C=O) groups is 1. The largest absolute Gasteiger partial charge is 0.292 e. The first kappa shape index (κ1) is 13.4. The zero-order chi connectivity index (χ0) is 13.8. The maximum Gasteiger partial charge on any atom is 0.187 e. The van der Waals surface area contributed by atoms with Crippen LogP contribution >= 0.6 is 0 Å². The monoisotopic (exact) mass is 261 g/mol. The minimum Gasteiger partial charge on any atom is -0.292 e. The lowest BCUT2D eigenvalue weighted by atomic mass is 10.1. The molecule has 0 aliphatic heterocycles. The van der Waals surface area contributed by atoms with E-state index in [-0.39, 0.29) is 17.9 Å². The molecular formula is C14H16FN3O. The van der Waals surface area contributed by atoms with Crippen LogP contribution in [0.25, 0.3) is 0 Å². The topological polar surface area (TPSA) is 47.8 Å². The van der Waals surface area contributed by atoms with Gasteiger partial charge in [0.25, 0.3) is 0 Å². The number of nitrogens with zero attached hydrogens (tertiary/aromatic N) is 3. The Bertz CT molecular complexity index is 575. The predicted octanol–water partition coefficient (Wildman–Crippen LogP) is 2.42. The van der Waals surface area contributed by atoms with Gasteiger partial charge in [-0.05, 0) is 31.5 Å². The molecule has 0 spiro atoms. The number of hydrogen-bond donors (Lipinski definition) is 0. The fourth-order valence-electron chi connectivity index (χ4n) is 1.90. The maximum absolute atomic E-state index is 12.8. The first-order valence-electron chi connectivity index (χ1n) is 6.34. The third-order valence-electron chi connectivity index (χ3n) is 2.93. The van der Waals surface area contributed by atoms with Gasteiger partial charge in [0, 0.05) is 12.2 Å². The number of rotatable bonds is 5. The first-order chi connectivity index (χ1) is 9.13. The fraction of sp³-hybridized carbons (Fsp3) is 0.357. The summed E-state index contributed by atoms with van der Waals surface area (Å²) in [4.78, 5) is 15.9. The number of aryl methyl sites for hydroxylation is 2. The number of Topliss-reactive ketones (excluding diaryl/α,β-unsaturated/α-hetero) is 1. The molecule has 2 heterocycles.